The van der Waals surface area contributed by atoms with Gasteiger partial charge < -0.3 is 14.2 Å². The van der Waals surface area contributed by atoms with Crippen LogP contribution in [0.15, 0.2) is 18.2 Å². The van der Waals surface area contributed by atoms with Crippen LogP contribution < -0.4 is 14.2 Å². The lowest BCUT2D eigenvalue weighted by Gasteiger charge is -2.15. The van der Waals surface area contributed by atoms with Crippen LogP contribution in [0.5, 0.6) is 17.2 Å². The van der Waals surface area contributed by atoms with Gasteiger partial charge in [-0.3, -0.25) is 9.59 Å². The molecule has 0 N–H and O–H groups in total. The zero-order chi connectivity index (χ0) is 24.2. The molecule has 0 fully saturated rings. The predicted molar refractivity (Wildman–Crippen MR) is 134 cm³/mol. The molecule has 0 saturated carbocycles. The Bertz CT molecular complexity index is 656. The Balaban J connectivity index is 2.74. The number of rotatable bonds is 20. The summed E-state index contributed by atoms with van der Waals surface area (Å²) >= 11 is 0. The summed E-state index contributed by atoms with van der Waals surface area (Å²) in [6.07, 6.45) is 15.7. The second-order valence-electron chi connectivity index (χ2n) is 8.77. The Hall–Kier alpha value is -2.04. The number of hydrogen-bond acceptors (Lipinski definition) is 5. The molecule has 0 spiro atoms. The van der Waals surface area contributed by atoms with Crippen LogP contribution >= 0.6 is 0 Å². The Morgan fingerprint density at radius 3 is 1.70 bits per heavy atom. The summed E-state index contributed by atoms with van der Waals surface area (Å²) in [5.41, 5.74) is 0. The standard InChI is InChI=1S/C28H46O5/c1-4-7-10-13-14-17-23-31-24-19-18-20-25(32-26(29)21-15-11-8-5-2)28(24)33-27(30)22-16-12-9-6-3/h18-20H,4-17,21-23H2,1-3H3. The van der Waals surface area contributed by atoms with Gasteiger partial charge in [-0.25, -0.2) is 0 Å². The van der Waals surface area contributed by atoms with Crippen molar-refractivity contribution in [2.45, 2.75) is 124 Å². The maximum Gasteiger partial charge on any atom is 0.311 e. The lowest BCUT2D eigenvalue weighted by molar-refractivity contribution is -0.137. The molecule has 0 aliphatic rings. The second kappa shape index (κ2) is 19.4. The minimum Gasteiger partial charge on any atom is -0.490 e. The third kappa shape index (κ3) is 14.0. The lowest BCUT2D eigenvalue weighted by atomic mass is 10.1. The second-order valence-corrected chi connectivity index (χ2v) is 8.77. The van der Waals surface area contributed by atoms with Crippen LogP contribution in [0.1, 0.15) is 124 Å². The fourth-order valence-corrected chi connectivity index (χ4v) is 3.59. The van der Waals surface area contributed by atoms with Crippen LogP contribution in [0.25, 0.3) is 0 Å². The van der Waals surface area contributed by atoms with Gasteiger partial charge in [0, 0.05) is 12.8 Å². The van der Waals surface area contributed by atoms with Crippen molar-refractivity contribution in [2.75, 3.05) is 6.61 Å². The van der Waals surface area contributed by atoms with Crippen molar-refractivity contribution >= 4 is 11.9 Å². The number of benzene rings is 1. The van der Waals surface area contributed by atoms with E-state index in [2.05, 4.69) is 20.8 Å². The van der Waals surface area contributed by atoms with Crippen molar-refractivity contribution < 1.29 is 23.8 Å². The van der Waals surface area contributed by atoms with Crippen LogP contribution in [0.2, 0.25) is 0 Å². The molecular formula is C28H46O5. The van der Waals surface area contributed by atoms with Crippen LogP contribution in [0.4, 0.5) is 0 Å². The summed E-state index contributed by atoms with van der Waals surface area (Å²) in [4.78, 5) is 24.8. The maximum absolute atomic E-state index is 12.5. The molecule has 0 aromatic heterocycles. The van der Waals surface area contributed by atoms with Crippen molar-refractivity contribution in [1.82, 2.24) is 0 Å². The fraction of sp³-hybridized carbons (Fsp3) is 0.714. The average Bonchev–Trinajstić information content (AvgIpc) is 2.81. The molecule has 5 nitrogen and oxygen atoms in total. The van der Waals surface area contributed by atoms with Crippen LogP contribution in [-0.2, 0) is 9.59 Å². The molecule has 1 aromatic rings. The zero-order valence-corrected chi connectivity index (χ0v) is 21.3. The van der Waals surface area contributed by atoms with E-state index in [1.54, 1.807) is 18.2 Å². The number of carbonyl (C=O) groups excluding carboxylic acids is 2. The van der Waals surface area contributed by atoms with E-state index in [9.17, 15) is 9.59 Å². The third-order valence-corrected chi connectivity index (χ3v) is 5.61. The van der Waals surface area contributed by atoms with Gasteiger partial charge in [0.25, 0.3) is 0 Å². The van der Waals surface area contributed by atoms with E-state index in [-0.39, 0.29) is 23.4 Å². The van der Waals surface area contributed by atoms with Gasteiger partial charge in [0.2, 0.25) is 5.75 Å². The number of carbonyl (C=O) groups is 2. The molecule has 33 heavy (non-hydrogen) atoms. The summed E-state index contributed by atoms with van der Waals surface area (Å²) in [6, 6.07) is 5.21. The van der Waals surface area contributed by atoms with Gasteiger partial charge >= 0.3 is 11.9 Å². The van der Waals surface area contributed by atoms with Gasteiger partial charge in [0.1, 0.15) is 0 Å². The van der Waals surface area contributed by atoms with E-state index in [0.717, 1.165) is 64.2 Å². The molecule has 0 bridgehead atoms. The Labute approximate surface area is 201 Å². The summed E-state index contributed by atoms with van der Waals surface area (Å²) in [7, 11) is 0. The molecule has 5 heteroatoms. The number of para-hydroxylation sites is 1. The van der Waals surface area contributed by atoms with Crippen molar-refractivity contribution in [3.63, 3.8) is 0 Å². The Morgan fingerprint density at radius 2 is 1.09 bits per heavy atom. The molecule has 0 amide bonds. The molecule has 1 aromatic carbocycles. The molecule has 0 saturated heterocycles. The Morgan fingerprint density at radius 1 is 0.606 bits per heavy atom. The van der Waals surface area contributed by atoms with Crippen molar-refractivity contribution in [1.29, 1.82) is 0 Å². The highest BCUT2D eigenvalue weighted by Crippen LogP contribution is 2.38. The van der Waals surface area contributed by atoms with Gasteiger partial charge in [-0.2, -0.15) is 0 Å². The smallest absolute Gasteiger partial charge is 0.311 e. The van der Waals surface area contributed by atoms with Crippen molar-refractivity contribution in [3.8, 4) is 17.2 Å². The van der Waals surface area contributed by atoms with Gasteiger partial charge in [-0.15, -0.1) is 0 Å². The van der Waals surface area contributed by atoms with Crippen molar-refractivity contribution in [2.24, 2.45) is 0 Å². The summed E-state index contributed by atoms with van der Waals surface area (Å²) < 4.78 is 17.2. The monoisotopic (exact) mass is 462 g/mol. The SMILES string of the molecule is CCCCCCCCOc1cccc(OC(=O)CCCCCC)c1OC(=O)CCCCCC. The zero-order valence-electron chi connectivity index (χ0n) is 21.3. The molecule has 0 heterocycles. The first-order valence-corrected chi connectivity index (χ1v) is 13.3. The maximum atomic E-state index is 12.5. The van der Waals surface area contributed by atoms with Gasteiger partial charge in [0.05, 0.1) is 6.61 Å². The quantitative estimate of drug-likeness (QED) is 0.111. The van der Waals surface area contributed by atoms with Crippen molar-refractivity contribution in [3.05, 3.63) is 18.2 Å². The van der Waals surface area contributed by atoms with Crippen LogP contribution in [-0.4, -0.2) is 18.5 Å². The normalized spacial score (nSPS) is 10.8. The molecular weight excluding hydrogens is 416 g/mol. The summed E-state index contributed by atoms with van der Waals surface area (Å²) in [5.74, 6) is 0.326. The van der Waals surface area contributed by atoms with Gasteiger partial charge in [-0.05, 0) is 31.4 Å². The van der Waals surface area contributed by atoms with E-state index in [1.807, 2.05) is 0 Å². The largest absolute Gasteiger partial charge is 0.490 e. The highest BCUT2D eigenvalue weighted by atomic mass is 16.6. The molecule has 188 valence electrons. The molecule has 0 aliphatic heterocycles. The minimum absolute atomic E-state index is 0.228. The third-order valence-electron chi connectivity index (χ3n) is 5.61. The topological polar surface area (TPSA) is 61.8 Å². The minimum atomic E-state index is -0.318. The number of hydrogen-bond donors (Lipinski definition) is 0. The highest BCUT2D eigenvalue weighted by molar-refractivity contribution is 5.77. The fourth-order valence-electron chi connectivity index (χ4n) is 3.59. The number of unbranched alkanes of at least 4 members (excludes halogenated alkanes) is 11. The summed E-state index contributed by atoms with van der Waals surface area (Å²) in [5, 5.41) is 0. The van der Waals surface area contributed by atoms with Gasteiger partial charge in [0.15, 0.2) is 11.5 Å². The lowest BCUT2D eigenvalue weighted by Crippen LogP contribution is -2.13. The first-order valence-electron chi connectivity index (χ1n) is 13.3. The first kappa shape index (κ1) is 29.0. The molecule has 0 unspecified atom stereocenters. The van der Waals surface area contributed by atoms with E-state index in [0.29, 0.717) is 25.2 Å². The van der Waals surface area contributed by atoms with Crippen LogP contribution in [0.3, 0.4) is 0 Å². The Kier molecular flexibility index (Phi) is 17.1. The predicted octanol–water partition coefficient (Wildman–Crippen LogP) is 8.18. The van der Waals surface area contributed by atoms with E-state index in [4.69, 9.17) is 14.2 Å². The van der Waals surface area contributed by atoms with E-state index >= 15 is 0 Å². The van der Waals surface area contributed by atoms with Crippen LogP contribution in [0, 0.1) is 0 Å². The van der Waals surface area contributed by atoms with Gasteiger partial charge in [-0.1, -0.05) is 97.5 Å². The molecule has 0 radical (unpaired) electrons. The van der Waals surface area contributed by atoms with E-state index in [1.165, 1.54) is 25.7 Å². The molecule has 0 atom stereocenters. The highest BCUT2D eigenvalue weighted by Gasteiger charge is 2.19. The first-order chi connectivity index (χ1) is 16.1. The van der Waals surface area contributed by atoms with E-state index < -0.39 is 0 Å². The molecule has 0 aliphatic carbocycles. The number of ether oxygens (including phenoxy) is 3. The summed E-state index contributed by atoms with van der Waals surface area (Å²) in [6.45, 7) is 7.03. The average molecular weight is 463 g/mol. The number of esters is 2. The molecule has 1 rings (SSSR count).